The van der Waals surface area contributed by atoms with E-state index in [0.29, 0.717) is 33.7 Å². The lowest BCUT2D eigenvalue weighted by Crippen LogP contribution is -1.98. The number of allylic oxidation sites excluding steroid dienone is 1. The third-order valence-corrected chi connectivity index (χ3v) is 3.71. The zero-order valence-electron chi connectivity index (χ0n) is 12.3. The van der Waals surface area contributed by atoms with E-state index in [1.54, 1.807) is 12.1 Å². The normalized spacial score (nSPS) is 10.6. The third-order valence-electron chi connectivity index (χ3n) is 3.71. The maximum absolute atomic E-state index is 9.31. The lowest BCUT2D eigenvalue weighted by atomic mass is 9.91. The van der Waals surface area contributed by atoms with Gasteiger partial charge in [0.15, 0.2) is 11.4 Å². The number of aromatic nitrogens is 2. The predicted octanol–water partition coefficient (Wildman–Crippen LogP) is 2.67. The van der Waals surface area contributed by atoms with Gasteiger partial charge in [-0.25, -0.2) is 9.97 Å². The van der Waals surface area contributed by atoms with Crippen molar-refractivity contribution in [3.63, 3.8) is 0 Å². The van der Waals surface area contributed by atoms with Crippen LogP contribution in [0.1, 0.15) is 33.8 Å². The van der Waals surface area contributed by atoms with Crippen molar-refractivity contribution in [3.05, 3.63) is 59.1 Å². The molecule has 0 atom stereocenters. The lowest BCUT2D eigenvalue weighted by molar-refractivity contribution is 1.12. The molecule has 0 fully saturated rings. The van der Waals surface area contributed by atoms with E-state index in [9.17, 15) is 10.5 Å². The Balaban J connectivity index is 2.43. The Morgan fingerprint density at radius 3 is 2.08 bits per heavy atom. The van der Waals surface area contributed by atoms with Crippen LogP contribution in [0.25, 0.3) is 22.4 Å². The van der Waals surface area contributed by atoms with Crippen molar-refractivity contribution < 1.29 is 0 Å². The second-order valence-corrected chi connectivity index (χ2v) is 4.93. The van der Waals surface area contributed by atoms with Gasteiger partial charge < -0.3 is 0 Å². The summed E-state index contributed by atoms with van der Waals surface area (Å²) in [7, 11) is 0. The van der Waals surface area contributed by atoms with Gasteiger partial charge >= 0.3 is 0 Å². The quantitative estimate of drug-likeness (QED) is 0.637. The van der Waals surface area contributed by atoms with Crippen LogP contribution in [-0.2, 0) is 0 Å². The first-order valence-corrected chi connectivity index (χ1v) is 6.66. The molecule has 1 aliphatic rings. The first kappa shape index (κ1) is 14.7. The maximum atomic E-state index is 9.31. The highest BCUT2D eigenvalue weighted by molar-refractivity contribution is 6.03. The van der Waals surface area contributed by atoms with E-state index in [1.807, 2.05) is 24.3 Å². The Morgan fingerprint density at radius 1 is 0.917 bits per heavy atom. The maximum Gasteiger partial charge on any atom is 0.177 e. The van der Waals surface area contributed by atoms with Crippen LogP contribution >= 0.6 is 0 Å². The van der Waals surface area contributed by atoms with E-state index in [2.05, 4.69) is 23.1 Å². The molecule has 1 aliphatic carbocycles. The molecule has 0 aliphatic heterocycles. The van der Waals surface area contributed by atoms with E-state index in [4.69, 9.17) is 10.5 Å². The van der Waals surface area contributed by atoms with Crippen LogP contribution in [0.15, 0.2) is 25.3 Å². The molecule has 0 saturated heterocycles. The topological polar surface area (TPSA) is 121 Å². The first-order chi connectivity index (χ1) is 11.6. The van der Waals surface area contributed by atoms with Gasteiger partial charge in [-0.15, -0.1) is 0 Å². The third kappa shape index (κ3) is 1.79. The fraction of sp³-hybridized carbons (Fsp3) is 0. The van der Waals surface area contributed by atoms with Crippen molar-refractivity contribution in [2.24, 2.45) is 0 Å². The Kier molecular flexibility index (Phi) is 3.17. The molecular formula is C18H6N6. The Labute approximate surface area is 137 Å². The van der Waals surface area contributed by atoms with Gasteiger partial charge in [0, 0.05) is 22.3 Å². The summed E-state index contributed by atoms with van der Waals surface area (Å²) in [6.45, 7) is 7.66. The molecule has 1 aromatic heterocycles. The van der Waals surface area contributed by atoms with E-state index >= 15 is 0 Å². The summed E-state index contributed by atoms with van der Waals surface area (Å²) in [6, 6.07) is 10.9. The summed E-state index contributed by atoms with van der Waals surface area (Å²) < 4.78 is 0. The summed E-state index contributed by atoms with van der Waals surface area (Å²) in [5.74, 6) is 0. The molecule has 3 rings (SSSR count). The van der Waals surface area contributed by atoms with Gasteiger partial charge in [0.05, 0.1) is 34.7 Å². The van der Waals surface area contributed by atoms with E-state index in [-0.39, 0.29) is 22.5 Å². The molecule has 6 nitrogen and oxygen atoms in total. The van der Waals surface area contributed by atoms with Gasteiger partial charge in [-0.05, 0) is 6.07 Å². The number of hydrogen-bond acceptors (Lipinski definition) is 6. The molecule has 0 spiro atoms. The fourth-order valence-corrected chi connectivity index (χ4v) is 2.68. The summed E-state index contributed by atoms with van der Waals surface area (Å²) in [6.07, 6.45) is 0. The molecule has 108 valence electrons. The molecule has 0 bridgehead atoms. The Morgan fingerprint density at radius 2 is 1.54 bits per heavy atom. The van der Waals surface area contributed by atoms with E-state index in [0.717, 1.165) is 0 Å². The predicted molar refractivity (Wildman–Crippen MR) is 84.4 cm³/mol. The van der Waals surface area contributed by atoms with Crippen LogP contribution in [0.4, 0.5) is 0 Å². The van der Waals surface area contributed by atoms with Gasteiger partial charge in [0.25, 0.3) is 0 Å². The summed E-state index contributed by atoms with van der Waals surface area (Å²) in [5, 5.41) is 36.8. The molecule has 0 saturated carbocycles. The molecule has 0 unspecified atom stereocenters. The lowest BCUT2D eigenvalue weighted by Gasteiger charge is -2.09. The van der Waals surface area contributed by atoms with Crippen molar-refractivity contribution in [3.8, 4) is 35.5 Å². The molecule has 1 aromatic carbocycles. The minimum Gasteiger partial charge on any atom is -0.232 e. The second kappa shape index (κ2) is 5.18. The number of nitriles is 4. The van der Waals surface area contributed by atoms with Gasteiger partial charge in [-0.1, -0.05) is 19.2 Å². The van der Waals surface area contributed by atoms with Crippen LogP contribution in [0, 0.1) is 45.3 Å². The average molecular weight is 306 g/mol. The summed E-state index contributed by atoms with van der Waals surface area (Å²) >= 11 is 0. The van der Waals surface area contributed by atoms with Gasteiger partial charge in [-0.3, -0.25) is 0 Å². The number of nitrogens with zero attached hydrogens (tertiary/aromatic N) is 6. The highest BCUT2D eigenvalue weighted by atomic mass is 14.9. The largest absolute Gasteiger partial charge is 0.232 e. The number of rotatable bonds is 1. The number of hydrogen-bond donors (Lipinski definition) is 0. The zero-order valence-corrected chi connectivity index (χ0v) is 12.3. The van der Waals surface area contributed by atoms with Crippen LogP contribution in [-0.4, -0.2) is 9.97 Å². The first-order valence-electron chi connectivity index (χ1n) is 6.66. The number of fused-ring (bicyclic) bond motifs is 3. The van der Waals surface area contributed by atoms with Gasteiger partial charge in [0.1, 0.15) is 12.1 Å². The van der Waals surface area contributed by atoms with Crippen molar-refractivity contribution in [1.82, 2.24) is 9.97 Å². The van der Waals surface area contributed by atoms with Crippen molar-refractivity contribution >= 4 is 11.1 Å². The van der Waals surface area contributed by atoms with Crippen LogP contribution in [0.3, 0.4) is 0 Å². The summed E-state index contributed by atoms with van der Waals surface area (Å²) in [5.41, 5.74) is 2.96. The average Bonchev–Trinajstić information content (AvgIpc) is 2.90. The zero-order chi connectivity index (χ0) is 17.4. The highest BCUT2D eigenvalue weighted by Crippen LogP contribution is 2.45. The van der Waals surface area contributed by atoms with Crippen LogP contribution in [0.2, 0.25) is 0 Å². The Bertz CT molecular complexity index is 1130. The molecule has 6 heteroatoms. The second-order valence-electron chi connectivity index (χ2n) is 4.93. The SMILES string of the molecule is C=C(C#N)c1c(C#N)ccc2c1C(=C)c1nc(C#N)c(C#N)nc1-2. The monoisotopic (exact) mass is 306 g/mol. The number of benzene rings is 1. The smallest absolute Gasteiger partial charge is 0.177 e. The van der Waals surface area contributed by atoms with Crippen molar-refractivity contribution in [2.75, 3.05) is 0 Å². The molecule has 24 heavy (non-hydrogen) atoms. The van der Waals surface area contributed by atoms with Crippen molar-refractivity contribution in [2.45, 2.75) is 0 Å². The molecule has 2 aromatic rings. The van der Waals surface area contributed by atoms with Gasteiger partial charge in [-0.2, -0.15) is 21.0 Å². The molecule has 0 N–H and O–H groups in total. The molecule has 0 amide bonds. The standard InChI is InChI=1S/C18H6N6/c1-9(5-19)15-11(6-20)3-4-12-16(15)10(2)17-18(12)24-14(8-22)13(7-21)23-17/h3-4H,1-2H2. The van der Waals surface area contributed by atoms with E-state index in [1.165, 1.54) is 0 Å². The summed E-state index contributed by atoms with van der Waals surface area (Å²) in [4.78, 5) is 8.39. The molecule has 1 heterocycles. The van der Waals surface area contributed by atoms with Crippen LogP contribution in [0.5, 0.6) is 0 Å². The van der Waals surface area contributed by atoms with E-state index < -0.39 is 0 Å². The highest BCUT2D eigenvalue weighted by Gasteiger charge is 2.31. The van der Waals surface area contributed by atoms with Crippen LogP contribution < -0.4 is 0 Å². The fourth-order valence-electron chi connectivity index (χ4n) is 2.68. The minimum atomic E-state index is -0.0913. The molecule has 0 radical (unpaired) electrons. The van der Waals surface area contributed by atoms with Gasteiger partial charge in [0.2, 0.25) is 0 Å². The molecular weight excluding hydrogens is 300 g/mol. The minimum absolute atomic E-state index is 0.0816. The van der Waals surface area contributed by atoms with Crippen molar-refractivity contribution in [1.29, 1.82) is 21.0 Å². The Hall–Kier alpha value is -4.26.